The summed E-state index contributed by atoms with van der Waals surface area (Å²) in [6.45, 7) is 0. The van der Waals surface area contributed by atoms with E-state index in [1.54, 1.807) is 0 Å². The normalized spacial score (nSPS) is 10.6. The van der Waals surface area contributed by atoms with Gasteiger partial charge in [0.1, 0.15) is 0 Å². The third-order valence-electron chi connectivity index (χ3n) is 2.37. The highest BCUT2D eigenvalue weighted by molar-refractivity contribution is 7.71. The molecule has 0 aliphatic heterocycles. The first-order valence-electron chi connectivity index (χ1n) is 5.83. The molecule has 1 heterocycles. The highest BCUT2D eigenvalue weighted by Crippen LogP contribution is 1.94. The van der Waals surface area contributed by atoms with Gasteiger partial charge in [-0.05, 0) is 17.8 Å². The standard InChI is InChI=1S/C13H12N4O2S/c18-11-6-10(15-13(20)16-11)7-12(19)17-14-8-9-4-2-1-3-5-9/h1-6,8H,7H2,(H,17,19)(H2,15,16,18,20)/b14-8-. The number of hydrazone groups is 1. The lowest BCUT2D eigenvalue weighted by atomic mass is 10.2. The average Bonchev–Trinajstić information content (AvgIpc) is 2.38. The van der Waals surface area contributed by atoms with Gasteiger partial charge in [-0.2, -0.15) is 5.10 Å². The summed E-state index contributed by atoms with van der Waals surface area (Å²) in [5.41, 5.74) is 3.35. The van der Waals surface area contributed by atoms with E-state index < -0.39 is 0 Å². The van der Waals surface area contributed by atoms with E-state index >= 15 is 0 Å². The largest absolute Gasteiger partial charge is 0.335 e. The fourth-order valence-corrected chi connectivity index (χ4v) is 1.78. The van der Waals surface area contributed by atoms with Crippen LogP contribution in [0.1, 0.15) is 11.3 Å². The van der Waals surface area contributed by atoms with Crippen molar-refractivity contribution in [3.63, 3.8) is 0 Å². The number of rotatable bonds is 4. The first kappa shape index (κ1) is 13.9. The van der Waals surface area contributed by atoms with E-state index in [0.29, 0.717) is 5.69 Å². The summed E-state index contributed by atoms with van der Waals surface area (Å²) in [7, 11) is 0. The van der Waals surface area contributed by atoms with Crippen molar-refractivity contribution < 1.29 is 4.79 Å². The highest BCUT2D eigenvalue weighted by atomic mass is 32.1. The van der Waals surface area contributed by atoms with E-state index in [1.165, 1.54) is 12.3 Å². The number of H-pyrrole nitrogens is 2. The van der Waals surface area contributed by atoms with Crippen molar-refractivity contribution in [1.29, 1.82) is 0 Å². The molecular formula is C13H12N4O2S. The number of hydrogen-bond acceptors (Lipinski definition) is 4. The van der Waals surface area contributed by atoms with Crippen LogP contribution in [0, 0.1) is 4.77 Å². The summed E-state index contributed by atoms with van der Waals surface area (Å²) in [5, 5.41) is 3.83. The van der Waals surface area contributed by atoms with Crippen molar-refractivity contribution in [2.75, 3.05) is 0 Å². The topological polar surface area (TPSA) is 90.1 Å². The lowest BCUT2D eigenvalue weighted by molar-refractivity contribution is -0.120. The Balaban J connectivity index is 1.94. The van der Waals surface area contributed by atoms with Gasteiger partial charge in [0.15, 0.2) is 4.77 Å². The molecule has 0 radical (unpaired) electrons. The summed E-state index contributed by atoms with van der Waals surface area (Å²) in [5.74, 6) is -0.339. The fourth-order valence-electron chi connectivity index (χ4n) is 1.55. The Hall–Kier alpha value is -2.54. The van der Waals surface area contributed by atoms with E-state index in [-0.39, 0.29) is 22.7 Å². The van der Waals surface area contributed by atoms with Crippen LogP contribution in [0.5, 0.6) is 0 Å². The molecule has 0 unspecified atom stereocenters. The molecule has 0 fully saturated rings. The molecule has 0 atom stereocenters. The number of aromatic nitrogens is 2. The molecular weight excluding hydrogens is 276 g/mol. The van der Waals surface area contributed by atoms with Gasteiger partial charge in [-0.15, -0.1) is 0 Å². The monoisotopic (exact) mass is 288 g/mol. The van der Waals surface area contributed by atoms with E-state index in [4.69, 9.17) is 12.2 Å². The first-order valence-corrected chi connectivity index (χ1v) is 6.24. The van der Waals surface area contributed by atoms with Gasteiger partial charge in [0.25, 0.3) is 5.56 Å². The Morgan fingerprint density at radius 3 is 2.75 bits per heavy atom. The molecule has 1 aromatic carbocycles. The molecule has 2 rings (SSSR count). The van der Waals surface area contributed by atoms with Crippen LogP contribution in [0.2, 0.25) is 0 Å². The maximum atomic E-state index is 11.6. The molecule has 20 heavy (non-hydrogen) atoms. The molecule has 0 spiro atoms. The maximum absolute atomic E-state index is 11.6. The molecule has 102 valence electrons. The van der Waals surface area contributed by atoms with Crippen molar-refractivity contribution in [2.45, 2.75) is 6.42 Å². The van der Waals surface area contributed by atoms with Crippen molar-refractivity contribution in [3.05, 3.63) is 62.8 Å². The highest BCUT2D eigenvalue weighted by Gasteiger charge is 2.03. The minimum Gasteiger partial charge on any atom is -0.335 e. The second-order valence-electron chi connectivity index (χ2n) is 3.99. The lowest BCUT2D eigenvalue weighted by Gasteiger charge is -2.00. The van der Waals surface area contributed by atoms with Gasteiger partial charge < -0.3 is 4.98 Å². The van der Waals surface area contributed by atoms with E-state index in [2.05, 4.69) is 20.5 Å². The zero-order valence-electron chi connectivity index (χ0n) is 10.4. The number of hydrogen-bond donors (Lipinski definition) is 3. The predicted octanol–water partition coefficient (Wildman–Crippen LogP) is 1.13. The smallest absolute Gasteiger partial charge is 0.251 e. The minimum atomic E-state index is -0.343. The predicted molar refractivity (Wildman–Crippen MR) is 78.1 cm³/mol. The van der Waals surface area contributed by atoms with E-state index in [1.807, 2.05) is 30.3 Å². The van der Waals surface area contributed by atoms with Crippen LogP contribution in [0.3, 0.4) is 0 Å². The van der Waals surface area contributed by atoms with E-state index in [0.717, 1.165) is 5.56 Å². The molecule has 3 N–H and O–H groups in total. The van der Waals surface area contributed by atoms with Gasteiger partial charge in [0, 0.05) is 11.8 Å². The summed E-state index contributed by atoms with van der Waals surface area (Å²) in [6.07, 6.45) is 1.54. The van der Waals surface area contributed by atoms with Crippen LogP contribution in [-0.2, 0) is 11.2 Å². The third-order valence-corrected chi connectivity index (χ3v) is 2.57. The van der Waals surface area contributed by atoms with Crippen LogP contribution in [0.25, 0.3) is 0 Å². The van der Waals surface area contributed by atoms with Crippen LogP contribution < -0.4 is 11.0 Å². The Bertz CT molecular complexity index is 706. The first-order chi connectivity index (χ1) is 9.63. The van der Waals surface area contributed by atoms with Gasteiger partial charge in [0.05, 0.1) is 12.6 Å². The number of aromatic amines is 2. The Morgan fingerprint density at radius 1 is 1.30 bits per heavy atom. The van der Waals surface area contributed by atoms with Crippen molar-refractivity contribution in [1.82, 2.24) is 15.4 Å². The molecule has 0 saturated heterocycles. The summed E-state index contributed by atoms with van der Waals surface area (Å²) in [4.78, 5) is 27.9. The second kappa shape index (κ2) is 6.58. The van der Waals surface area contributed by atoms with Crippen LogP contribution in [0.4, 0.5) is 0 Å². The Morgan fingerprint density at radius 2 is 2.05 bits per heavy atom. The summed E-state index contributed by atoms with van der Waals surface area (Å²) >= 11 is 4.82. The van der Waals surface area contributed by atoms with Crippen LogP contribution in [0.15, 0.2) is 46.3 Å². The summed E-state index contributed by atoms with van der Waals surface area (Å²) < 4.78 is 0.188. The zero-order valence-corrected chi connectivity index (χ0v) is 11.2. The Kier molecular flexibility index (Phi) is 4.56. The molecule has 7 heteroatoms. The number of amides is 1. The minimum absolute atomic E-state index is 0.000308. The fraction of sp³-hybridized carbons (Fsp3) is 0.0769. The second-order valence-corrected chi connectivity index (χ2v) is 4.40. The Labute approximate surface area is 119 Å². The van der Waals surface area contributed by atoms with Gasteiger partial charge in [-0.1, -0.05) is 30.3 Å². The van der Waals surface area contributed by atoms with Crippen molar-refractivity contribution in [3.8, 4) is 0 Å². The van der Waals surface area contributed by atoms with Crippen molar-refractivity contribution in [2.24, 2.45) is 5.10 Å². The quantitative estimate of drug-likeness (QED) is 0.447. The van der Waals surface area contributed by atoms with Gasteiger partial charge in [0.2, 0.25) is 5.91 Å². The SMILES string of the molecule is O=C(Cc1cc(=O)[nH]c(=S)[nH]1)N/N=C\c1ccccc1. The molecule has 0 aliphatic carbocycles. The maximum Gasteiger partial charge on any atom is 0.251 e. The average molecular weight is 288 g/mol. The molecule has 0 saturated carbocycles. The molecule has 0 bridgehead atoms. The van der Waals surface area contributed by atoms with Gasteiger partial charge >= 0.3 is 0 Å². The van der Waals surface area contributed by atoms with Gasteiger partial charge in [-0.3, -0.25) is 14.6 Å². The van der Waals surface area contributed by atoms with Crippen LogP contribution in [-0.4, -0.2) is 22.1 Å². The van der Waals surface area contributed by atoms with Gasteiger partial charge in [-0.25, -0.2) is 5.43 Å². The number of nitrogens with zero attached hydrogens (tertiary/aromatic N) is 1. The zero-order chi connectivity index (χ0) is 14.4. The molecule has 6 nitrogen and oxygen atoms in total. The molecule has 1 aromatic heterocycles. The molecule has 0 aliphatic rings. The van der Waals surface area contributed by atoms with E-state index in [9.17, 15) is 9.59 Å². The number of carbonyl (C=O) groups is 1. The summed E-state index contributed by atoms with van der Waals surface area (Å²) in [6, 6.07) is 10.7. The lowest BCUT2D eigenvalue weighted by Crippen LogP contribution is -2.21. The number of nitrogens with one attached hydrogen (secondary N) is 3. The third kappa shape index (κ3) is 4.29. The molecule has 2 aromatic rings. The van der Waals surface area contributed by atoms with Crippen molar-refractivity contribution >= 4 is 24.3 Å². The number of carbonyl (C=O) groups excluding carboxylic acids is 1. The van der Waals surface area contributed by atoms with Crippen LogP contribution >= 0.6 is 12.2 Å². The number of benzene rings is 1. The molecule has 1 amide bonds.